The van der Waals surface area contributed by atoms with Crippen LogP contribution in [0.15, 0.2) is 18.2 Å². The van der Waals surface area contributed by atoms with Crippen molar-refractivity contribution in [2.45, 2.75) is 38.8 Å². The summed E-state index contributed by atoms with van der Waals surface area (Å²) in [6, 6.07) is 4.61. The number of alkyl carbamates (subject to hydrolysis) is 1. The molecule has 1 amide bonds. The quantitative estimate of drug-likeness (QED) is 0.879. The highest BCUT2D eigenvalue weighted by Gasteiger charge is 2.39. The smallest absolute Gasteiger partial charge is 0.408 e. The first-order chi connectivity index (χ1) is 9.69. The topological polar surface area (TPSA) is 75.6 Å². The molecule has 0 saturated heterocycles. The highest BCUT2D eigenvalue weighted by molar-refractivity contribution is 6.31. The van der Waals surface area contributed by atoms with E-state index in [0.717, 1.165) is 11.1 Å². The molecule has 2 unspecified atom stereocenters. The fourth-order valence-corrected chi connectivity index (χ4v) is 2.74. The maximum Gasteiger partial charge on any atom is 0.408 e. The Balaban J connectivity index is 2.26. The summed E-state index contributed by atoms with van der Waals surface area (Å²) in [5.41, 5.74) is 0.867. The van der Waals surface area contributed by atoms with Gasteiger partial charge in [-0.05, 0) is 44.4 Å². The normalized spacial score (nSPS) is 20.8. The van der Waals surface area contributed by atoms with Gasteiger partial charge in [-0.2, -0.15) is 0 Å². The monoisotopic (exact) mass is 311 g/mol. The second kappa shape index (κ2) is 5.56. The summed E-state index contributed by atoms with van der Waals surface area (Å²) >= 11 is 6.11. The van der Waals surface area contributed by atoms with E-state index in [1.54, 1.807) is 39.0 Å². The Bertz CT molecular complexity index is 580. The number of amides is 1. The maximum absolute atomic E-state index is 11.9. The van der Waals surface area contributed by atoms with Crippen LogP contribution in [0.1, 0.15) is 37.9 Å². The Morgan fingerprint density at radius 2 is 2.05 bits per heavy atom. The second-order valence-corrected chi connectivity index (χ2v) is 6.49. The van der Waals surface area contributed by atoms with Crippen LogP contribution in [-0.2, 0) is 16.0 Å². The maximum atomic E-state index is 11.9. The van der Waals surface area contributed by atoms with Crippen molar-refractivity contribution in [1.82, 2.24) is 5.32 Å². The number of rotatable bonds is 2. The fraction of sp³-hybridized carbons (Fsp3) is 0.467. The first kappa shape index (κ1) is 15.6. The number of fused-ring (bicyclic) bond motifs is 1. The van der Waals surface area contributed by atoms with Gasteiger partial charge in [0.05, 0.1) is 12.0 Å². The molecule has 0 aromatic heterocycles. The number of carbonyl (C=O) groups is 2. The Morgan fingerprint density at radius 3 is 2.62 bits per heavy atom. The molecule has 114 valence electrons. The molecular weight excluding hydrogens is 294 g/mol. The van der Waals surface area contributed by atoms with Gasteiger partial charge in [-0.15, -0.1) is 0 Å². The van der Waals surface area contributed by atoms with Crippen molar-refractivity contribution in [2.24, 2.45) is 5.92 Å². The summed E-state index contributed by atoms with van der Waals surface area (Å²) in [4.78, 5) is 23.3. The molecule has 0 spiro atoms. The highest BCUT2D eigenvalue weighted by atomic mass is 35.5. The number of carbonyl (C=O) groups excluding carboxylic acids is 1. The van der Waals surface area contributed by atoms with E-state index in [9.17, 15) is 14.7 Å². The Hall–Kier alpha value is -1.75. The lowest BCUT2D eigenvalue weighted by molar-refractivity contribution is -0.142. The van der Waals surface area contributed by atoms with Gasteiger partial charge in [0.1, 0.15) is 5.60 Å². The number of halogens is 1. The van der Waals surface area contributed by atoms with E-state index in [1.165, 1.54) is 0 Å². The minimum absolute atomic E-state index is 0.296. The summed E-state index contributed by atoms with van der Waals surface area (Å²) < 4.78 is 5.20. The first-order valence-corrected chi connectivity index (χ1v) is 7.06. The zero-order valence-electron chi connectivity index (χ0n) is 12.1. The zero-order chi connectivity index (χ0) is 15.8. The molecule has 0 radical (unpaired) electrons. The van der Waals surface area contributed by atoms with E-state index in [0.29, 0.717) is 11.4 Å². The van der Waals surface area contributed by atoms with Crippen molar-refractivity contribution in [3.05, 3.63) is 34.3 Å². The number of hydrogen-bond donors (Lipinski definition) is 2. The highest BCUT2D eigenvalue weighted by Crippen LogP contribution is 2.39. The van der Waals surface area contributed by atoms with Crippen molar-refractivity contribution in [2.75, 3.05) is 0 Å². The average molecular weight is 312 g/mol. The van der Waals surface area contributed by atoms with Crippen LogP contribution in [0.2, 0.25) is 5.02 Å². The van der Waals surface area contributed by atoms with Crippen molar-refractivity contribution < 1.29 is 19.4 Å². The van der Waals surface area contributed by atoms with Crippen molar-refractivity contribution >= 4 is 23.7 Å². The molecular formula is C15H18ClNO4. The Morgan fingerprint density at radius 1 is 1.38 bits per heavy atom. The predicted octanol–water partition coefficient (Wildman–Crippen LogP) is 3.16. The number of nitrogens with one attached hydrogen (secondary N) is 1. The van der Waals surface area contributed by atoms with E-state index in [4.69, 9.17) is 16.3 Å². The minimum Gasteiger partial charge on any atom is -0.481 e. The molecule has 21 heavy (non-hydrogen) atoms. The van der Waals surface area contributed by atoms with Crippen LogP contribution < -0.4 is 5.32 Å². The molecule has 0 bridgehead atoms. The molecule has 6 heteroatoms. The van der Waals surface area contributed by atoms with Gasteiger partial charge in [-0.25, -0.2) is 4.79 Å². The van der Waals surface area contributed by atoms with Gasteiger partial charge < -0.3 is 15.2 Å². The van der Waals surface area contributed by atoms with Crippen LogP contribution in [0.4, 0.5) is 4.79 Å². The molecule has 2 N–H and O–H groups in total. The van der Waals surface area contributed by atoms with E-state index >= 15 is 0 Å². The predicted molar refractivity (Wildman–Crippen MR) is 78.4 cm³/mol. The third kappa shape index (κ3) is 3.47. The van der Waals surface area contributed by atoms with Gasteiger partial charge in [0.2, 0.25) is 0 Å². The lowest BCUT2D eigenvalue weighted by atomic mass is 10.0. The molecule has 2 atom stereocenters. The average Bonchev–Trinajstić information content (AvgIpc) is 2.67. The van der Waals surface area contributed by atoms with Gasteiger partial charge in [0, 0.05) is 5.02 Å². The third-order valence-corrected chi connectivity index (χ3v) is 3.66. The van der Waals surface area contributed by atoms with Crippen LogP contribution in [0, 0.1) is 5.92 Å². The second-order valence-electron chi connectivity index (χ2n) is 6.08. The van der Waals surface area contributed by atoms with E-state index in [1.807, 2.05) is 0 Å². The van der Waals surface area contributed by atoms with Crippen LogP contribution in [0.3, 0.4) is 0 Å². The van der Waals surface area contributed by atoms with Crippen LogP contribution in [-0.4, -0.2) is 22.8 Å². The lowest BCUT2D eigenvalue weighted by Gasteiger charge is -2.24. The van der Waals surface area contributed by atoms with Crippen molar-refractivity contribution in [1.29, 1.82) is 0 Å². The number of ether oxygens (including phenoxy) is 1. The van der Waals surface area contributed by atoms with Crippen LogP contribution in [0.5, 0.6) is 0 Å². The van der Waals surface area contributed by atoms with Gasteiger partial charge in [-0.1, -0.05) is 23.7 Å². The first-order valence-electron chi connectivity index (χ1n) is 6.68. The zero-order valence-corrected chi connectivity index (χ0v) is 12.9. The molecule has 1 aromatic carbocycles. The molecule has 0 aliphatic heterocycles. The number of aliphatic carboxylic acids is 1. The molecule has 1 aromatic rings. The van der Waals surface area contributed by atoms with Crippen molar-refractivity contribution in [3.63, 3.8) is 0 Å². The van der Waals surface area contributed by atoms with Gasteiger partial charge in [0.25, 0.3) is 0 Å². The number of hydrogen-bond acceptors (Lipinski definition) is 3. The Labute approximate surface area is 128 Å². The molecule has 1 aliphatic rings. The molecule has 0 fully saturated rings. The number of benzene rings is 1. The largest absolute Gasteiger partial charge is 0.481 e. The summed E-state index contributed by atoms with van der Waals surface area (Å²) in [6.07, 6.45) is -0.336. The van der Waals surface area contributed by atoms with E-state index in [2.05, 4.69) is 5.32 Å². The molecule has 0 heterocycles. The van der Waals surface area contributed by atoms with E-state index in [-0.39, 0.29) is 0 Å². The Kier molecular flexibility index (Phi) is 4.14. The molecule has 1 aliphatic carbocycles. The fourth-order valence-electron chi connectivity index (χ4n) is 2.48. The van der Waals surface area contributed by atoms with E-state index < -0.39 is 29.6 Å². The van der Waals surface area contributed by atoms with Crippen molar-refractivity contribution in [3.8, 4) is 0 Å². The molecule has 2 rings (SSSR count). The van der Waals surface area contributed by atoms with Gasteiger partial charge in [-0.3, -0.25) is 4.79 Å². The standard InChI is InChI=1S/C15H18ClNO4/c1-15(2,3)21-14(20)17-12-8-5-4-6-11(16)9(8)7-10(12)13(18)19/h4-6,10,12H,7H2,1-3H3,(H,17,20)(H,18,19). The lowest BCUT2D eigenvalue weighted by Crippen LogP contribution is -2.38. The third-order valence-electron chi connectivity index (χ3n) is 3.31. The van der Waals surface area contributed by atoms with Crippen LogP contribution in [0.25, 0.3) is 0 Å². The number of carboxylic acids is 1. The van der Waals surface area contributed by atoms with Crippen LogP contribution >= 0.6 is 11.6 Å². The SMILES string of the molecule is CC(C)(C)OC(=O)NC1c2cccc(Cl)c2CC1C(=O)O. The summed E-state index contributed by atoms with van der Waals surface area (Å²) in [5, 5.41) is 12.5. The van der Waals surface area contributed by atoms with Gasteiger partial charge in [0.15, 0.2) is 0 Å². The summed E-state index contributed by atoms with van der Waals surface area (Å²) in [6.45, 7) is 5.25. The summed E-state index contributed by atoms with van der Waals surface area (Å²) in [5.74, 6) is -1.71. The number of carboxylic acid groups (broad SMARTS) is 1. The molecule has 0 saturated carbocycles. The van der Waals surface area contributed by atoms with Gasteiger partial charge >= 0.3 is 12.1 Å². The minimum atomic E-state index is -0.969. The molecule has 5 nitrogen and oxygen atoms in total. The summed E-state index contributed by atoms with van der Waals surface area (Å²) in [7, 11) is 0.